The minimum Gasteiger partial charge on any atom is -0.324 e. The van der Waals surface area contributed by atoms with Gasteiger partial charge in [-0.15, -0.1) is 0 Å². The Balaban J connectivity index is 2.20. The first-order chi connectivity index (χ1) is 9.24. The third-order valence-corrected chi connectivity index (χ3v) is 2.81. The number of carbonyl (C=O) groups is 1. The van der Waals surface area contributed by atoms with E-state index in [1.807, 2.05) is 31.2 Å². The minimum atomic E-state index is -0.252. The average molecular weight is 256 g/mol. The second kappa shape index (κ2) is 5.97. The summed E-state index contributed by atoms with van der Waals surface area (Å²) in [5, 5.41) is 2.86. The van der Waals surface area contributed by atoms with Crippen molar-refractivity contribution in [1.29, 1.82) is 0 Å². The van der Waals surface area contributed by atoms with E-state index in [-0.39, 0.29) is 5.91 Å². The van der Waals surface area contributed by atoms with Crippen LogP contribution in [0.3, 0.4) is 0 Å². The lowest BCUT2D eigenvalue weighted by molar-refractivity contribution is 0.102. The van der Waals surface area contributed by atoms with Crippen molar-refractivity contribution in [3.05, 3.63) is 53.9 Å². The molecule has 1 aromatic heterocycles. The maximum atomic E-state index is 12.1. The van der Waals surface area contributed by atoms with E-state index in [2.05, 4.69) is 15.7 Å². The largest absolute Gasteiger partial charge is 0.324 e. The maximum absolute atomic E-state index is 12.1. The van der Waals surface area contributed by atoms with Crippen LogP contribution in [0.15, 0.2) is 42.6 Å². The van der Waals surface area contributed by atoms with E-state index in [1.165, 1.54) is 6.20 Å². The Morgan fingerprint density at radius 3 is 2.84 bits per heavy atom. The molecule has 0 unspecified atom stereocenters. The second-order valence-electron chi connectivity index (χ2n) is 4.04. The van der Waals surface area contributed by atoms with E-state index < -0.39 is 0 Å². The molecule has 2 rings (SSSR count). The van der Waals surface area contributed by atoms with Gasteiger partial charge in [0.05, 0.1) is 5.69 Å². The summed E-state index contributed by atoms with van der Waals surface area (Å²) in [5.41, 5.74) is 5.35. The van der Waals surface area contributed by atoms with Crippen LogP contribution in [0.25, 0.3) is 0 Å². The smallest absolute Gasteiger partial charge is 0.274 e. The van der Waals surface area contributed by atoms with Gasteiger partial charge in [0.2, 0.25) is 0 Å². The van der Waals surface area contributed by atoms with E-state index in [9.17, 15) is 4.79 Å². The van der Waals surface area contributed by atoms with E-state index in [4.69, 9.17) is 5.84 Å². The lowest BCUT2D eigenvalue weighted by atomic mass is 10.1. The molecule has 1 aromatic carbocycles. The number of anilines is 2. The van der Waals surface area contributed by atoms with Crippen LogP contribution >= 0.6 is 0 Å². The van der Waals surface area contributed by atoms with Crippen LogP contribution in [0.5, 0.6) is 0 Å². The Morgan fingerprint density at radius 2 is 2.11 bits per heavy atom. The van der Waals surface area contributed by atoms with Crippen LogP contribution in [0, 0.1) is 0 Å². The van der Waals surface area contributed by atoms with E-state index >= 15 is 0 Å². The third kappa shape index (κ3) is 3.08. The highest BCUT2D eigenvalue weighted by atomic mass is 16.1. The first-order valence-electron chi connectivity index (χ1n) is 6.06. The van der Waals surface area contributed by atoms with Crippen molar-refractivity contribution in [2.24, 2.45) is 5.84 Å². The molecule has 98 valence electrons. The van der Waals surface area contributed by atoms with E-state index in [0.717, 1.165) is 17.7 Å². The van der Waals surface area contributed by atoms with Crippen LogP contribution in [0.2, 0.25) is 0 Å². The molecule has 1 heterocycles. The number of para-hydroxylation sites is 1. The van der Waals surface area contributed by atoms with Gasteiger partial charge in [-0.05, 0) is 30.2 Å². The summed E-state index contributed by atoms with van der Waals surface area (Å²) in [6.45, 7) is 2.04. The lowest BCUT2D eigenvalue weighted by Gasteiger charge is -2.09. The minimum absolute atomic E-state index is 0.252. The van der Waals surface area contributed by atoms with Crippen molar-refractivity contribution in [1.82, 2.24) is 4.98 Å². The number of carbonyl (C=O) groups excluding carboxylic acids is 1. The fourth-order valence-electron chi connectivity index (χ4n) is 1.78. The van der Waals surface area contributed by atoms with Gasteiger partial charge in [-0.2, -0.15) is 0 Å². The molecule has 1 amide bonds. The maximum Gasteiger partial charge on any atom is 0.274 e. The van der Waals surface area contributed by atoms with Crippen molar-refractivity contribution in [2.75, 3.05) is 10.7 Å². The summed E-state index contributed by atoms with van der Waals surface area (Å²) in [5.74, 6) is 5.06. The van der Waals surface area contributed by atoms with Crippen LogP contribution < -0.4 is 16.6 Å². The van der Waals surface area contributed by atoms with Gasteiger partial charge in [0.15, 0.2) is 0 Å². The Morgan fingerprint density at radius 1 is 1.32 bits per heavy atom. The van der Waals surface area contributed by atoms with Gasteiger partial charge in [-0.1, -0.05) is 25.1 Å². The molecule has 0 atom stereocenters. The molecular formula is C14H16N4O. The van der Waals surface area contributed by atoms with Gasteiger partial charge in [-0.25, -0.2) is 0 Å². The van der Waals surface area contributed by atoms with Crippen LogP contribution in [0.4, 0.5) is 11.4 Å². The van der Waals surface area contributed by atoms with Crippen molar-refractivity contribution >= 4 is 17.3 Å². The van der Waals surface area contributed by atoms with Gasteiger partial charge < -0.3 is 10.7 Å². The van der Waals surface area contributed by atoms with Crippen LogP contribution in [0.1, 0.15) is 23.0 Å². The molecule has 0 saturated heterocycles. The zero-order valence-corrected chi connectivity index (χ0v) is 10.7. The highest BCUT2D eigenvalue weighted by Crippen LogP contribution is 2.16. The zero-order chi connectivity index (χ0) is 13.7. The van der Waals surface area contributed by atoms with Crippen molar-refractivity contribution < 1.29 is 4.79 Å². The molecule has 0 spiro atoms. The number of benzene rings is 1. The lowest BCUT2D eigenvalue weighted by Crippen LogP contribution is -2.16. The number of hydrogen-bond donors (Lipinski definition) is 3. The molecule has 19 heavy (non-hydrogen) atoms. The van der Waals surface area contributed by atoms with Crippen LogP contribution in [-0.4, -0.2) is 10.9 Å². The van der Waals surface area contributed by atoms with Crippen molar-refractivity contribution in [3.63, 3.8) is 0 Å². The first-order valence-corrected chi connectivity index (χ1v) is 6.06. The SMILES string of the molecule is CCc1ccccc1NC(=O)c1cc(NN)ccn1. The normalized spacial score (nSPS) is 10.0. The second-order valence-corrected chi connectivity index (χ2v) is 4.04. The van der Waals surface area contributed by atoms with Gasteiger partial charge in [0, 0.05) is 11.9 Å². The predicted octanol–water partition coefficient (Wildman–Crippen LogP) is 2.18. The number of amides is 1. The molecule has 0 saturated carbocycles. The number of nitrogens with two attached hydrogens (primary N) is 1. The average Bonchev–Trinajstić information content (AvgIpc) is 2.47. The fraction of sp³-hybridized carbons (Fsp3) is 0.143. The van der Waals surface area contributed by atoms with Gasteiger partial charge in [0.25, 0.3) is 5.91 Å². The number of hydrogen-bond acceptors (Lipinski definition) is 4. The number of nitrogens with one attached hydrogen (secondary N) is 2. The topological polar surface area (TPSA) is 80.0 Å². The number of nitrogen functional groups attached to an aromatic ring is 1. The van der Waals surface area contributed by atoms with Crippen LogP contribution in [-0.2, 0) is 6.42 Å². The molecule has 4 N–H and O–H groups in total. The van der Waals surface area contributed by atoms with Gasteiger partial charge in [-0.3, -0.25) is 15.6 Å². The van der Waals surface area contributed by atoms with Gasteiger partial charge >= 0.3 is 0 Å². The van der Waals surface area contributed by atoms with Crippen molar-refractivity contribution in [2.45, 2.75) is 13.3 Å². The van der Waals surface area contributed by atoms with E-state index in [0.29, 0.717) is 11.4 Å². The molecular weight excluding hydrogens is 240 g/mol. The number of nitrogens with zero attached hydrogens (tertiary/aromatic N) is 1. The highest BCUT2D eigenvalue weighted by Gasteiger charge is 2.09. The molecule has 5 heteroatoms. The summed E-state index contributed by atoms with van der Waals surface area (Å²) in [4.78, 5) is 16.1. The van der Waals surface area contributed by atoms with Gasteiger partial charge in [0.1, 0.15) is 5.69 Å². The molecule has 0 aliphatic heterocycles. The highest BCUT2D eigenvalue weighted by molar-refractivity contribution is 6.03. The fourth-order valence-corrected chi connectivity index (χ4v) is 1.78. The molecule has 0 aliphatic rings. The summed E-state index contributed by atoms with van der Waals surface area (Å²) >= 11 is 0. The Hall–Kier alpha value is -2.40. The zero-order valence-electron chi connectivity index (χ0n) is 10.7. The summed E-state index contributed by atoms with van der Waals surface area (Å²) < 4.78 is 0. The summed E-state index contributed by atoms with van der Waals surface area (Å²) in [6, 6.07) is 11.0. The molecule has 0 fully saturated rings. The Kier molecular flexibility index (Phi) is 4.10. The predicted molar refractivity (Wildman–Crippen MR) is 75.8 cm³/mol. The first kappa shape index (κ1) is 13.0. The standard InChI is InChI=1S/C14H16N4O/c1-2-10-5-3-4-6-12(10)17-14(19)13-9-11(18-15)7-8-16-13/h3-9H,2,15H2,1H3,(H,16,18)(H,17,19). The number of hydrazine groups is 1. The summed E-state index contributed by atoms with van der Waals surface area (Å²) in [7, 11) is 0. The van der Waals surface area contributed by atoms with E-state index in [1.54, 1.807) is 12.1 Å². The summed E-state index contributed by atoms with van der Waals surface area (Å²) in [6.07, 6.45) is 2.39. The quantitative estimate of drug-likeness (QED) is 0.578. The number of rotatable bonds is 4. The monoisotopic (exact) mass is 256 g/mol. The molecule has 0 radical (unpaired) electrons. The number of aryl methyl sites for hydroxylation is 1. The Bertz CT molecular complexity index is 583. The third-order valence-electron chi connectivity index (χ3n) is 2.81. The Labute approximate surface area is 111 Å². The van der Waals surface area contributed by atoms with Crippen molar-refractivity contribution in [3.8, 4) is 0 Å². The number of aromatic nitrogens is 1. The molecule has 0 bridgehead atoms. The molecule has 5 nitrogen and oxygen atoms in total. The number of pyridine rings is 1. The molecule has 0 aliphatic carbocycles. The molecule has 2 aromatic rings.